The molecule has 9 heteroatoms. The normalized spacial score (nSPS) is 10.4. The van der Waals surface area contributed by atoms with Crippen molar-refractivity contribution in [3.05, 3.63) is 37.8 Å². The van der Waals surface area contributed by atoms with Crippen molar-refractivity contribution in [3.63, 3.8) is 0 Å². The summed E-state index contributed by atoms with van der Waals surface area (Å²) in [6.45, 7) is 0. The Bertz CT molecular complexity index is 511. The van der Waals surface area contributed by atoms with Gasteiger partial charge in [0.2, 0.25) is 5.56 Å². The smallest absolute Gasteiger partial charge is 0.307 e. The van der Waals surface area contributed by atoms with Gasteiger partial charge in [-0.3, -0.25) is 19.7 Å². The van der Waals surface area contributed by atoms with Gasteiger partial charge in [-0.25, -0.2) is 8.78 Å². The number of nitro groups is 1. The SMILES string of the molecule is NC(=O)c1cc(=O)[nH]c(C(F)F)c1[N+](=O)[O-]. The number of hydrogen-bond donors (Lipinski definition) is 2. The molecular formula is C7H5F2N3O4. The van der Waals surface area contributed by atoms with Crippen LogP contribution >= 0.6 is 0 Å². The molecule has 7 nitrogen and oxygen atoms in total. The molecule has 0 spiro atoms. The molecule has 16 heavy (non-hydrogen) atoms. The molecule has 0 aromatic carbocycles. The molecule has 0 bridgehead atoms. The zero-order valence-electron chi connectivity index (χ0n) is 7.57. The van der Waals surface area contributed by atoms with Gasteiger partial charge in [0.25, 0.3) is 12.3 Å². The monoisotopic (exact) mass is 233 g/mol. The van der Waals surface area contributed by atoms with Crippen molar-refractivity contribution in [2.24, 2.45) is 5.73 Å². The number of rotatable bonds is 3. The molecular weight excluding hydrogens is 228 g/mol. The average molecular weight is 233 g/mol. The Morgan fingerprint density at radius 1 is 1.56 bits per heavy atom. The fourth-order valence-electron chi connectivity index (χ4n) is 1.11. The molecule has 0 aliphatic heterocycles. The van der Waals surface area contributed by atoms with Crippen LogP contribution in [0.4, 0.5) is 14.5 Å². The Hall–Kier alpha value is -2.32. The first kappa shape index (κ1) is 11.8. The van der Waals surface area contributed by atoms with Crippen molar-refractivity contribution < 1.29 is 18.5 Å². The highest BCUT2D eigenvalue weighted by Crippen LogP contribution is 2.28. The predicted molar refractivity (Wildman–Crippen MR) is 47.2 cm³/mol. The number of hydrogen-bond acceptors (Lipinski definition) is 4. The molecule has 0 aliphatic carbocycles. The molecule has 0 saturated carbocycles. The van der Waals surface area contributed by atoms with Gasteiger partial charge >= 0.3 is 5.69 Å². The van der Waals surface area contributed by atoms with E-state index in [1.165, 1.54) is 0 Å². The van der Waals surface area contributed by atoms with Crippen LogP contribution in [0.25, 0.3) is 0 Å². The van der Waals surface area contributed by atoms with Crippen LogP contribution in [-0.2, 0) is 0 Å². The highest BCUT2D eigenvalue weighted by molar-refractivity contribution is 5.97. The molecule has 1 amide bonds. The minimum Gasteiger partial charge on any atom is -0.365 e. The summed E-state index contributed by atoms with van der Waals surface area (Å²) < 4.78 is 24.8. The number of H-pyrrole nitrogens is 1. The third-order valence-corrected chi connectivity index (χ3v) is 1.71. The Morgan fingerprint density at radius 3 is 2.50 bits per heavy atom. The minimum atomic E-state index is -3.28. The lowest BCUT2D eigenvalue weighted by Gasteiger charge is -2.03. The highest BCUT2D eigenvalue weighted by Gasteiger charge is 2.29. The Labute approximate surface area is 86.0 Å². The Balaban J connectivity index is 3.67. The van der Waals surface area contributed by atoms with E-state index in [1.54, 1.807) is 4.98 Å². The molecule has 1 aromatic rings. The van der Waals surface area contributed by atoms with Crippen LogP contribution < -0.4 is 11.3 Å². The van der Waals surface area contributed by atoms with Crippen LogP contribution in [0, 0.1) is 10.1 Å². The number of amides is 1. The number of nitrogens with zero attached hydrogens (tertiary/aromatic N) is 1. The first-order chi connectivity index (χ1) is 7.34. The second-order valence-electron chi connectivity index (χ2n) is 2.73. The van der Waals surface area contributed by atoms with Crippen LogP contribution in [0.1, 0.15) is 22.5 Å². The number of nitrogens with two attached hydrogens (primary N) is 1. The summed E-state index contributed by atoms with van der Waals surface area (Å²) in [5, 5.41) is 10.5. The first-order valence-corrected chi connectivity index (χ1v) is 3.84. The van der Waals surface area contributed by atoms with Crippen molar-refractivity contribution >= 4 is 11.6 Å². The lowest BCUT2D eigenvalue weighted by Crippen LogP contribution is -2.20. The van der Waals surface area contributed by atoms with Gasteiger partial charge in [0, 0.05) is 6.07 Å². The first-order valence-electron chi connectivity index (χ1n) is 3.84. The Morgan fingerprint density at radius 2 is 2.12 bits per heavy atom. The molecule has 0 aliphatic rings. The van der Waals surface area contributed by atoms with E-state index in [-0.39, 0.29) is 0 Å². The van der Waals surface area contributed by atoms with Gasteiger partial charge in [0.05, 0.1) is 4.92 Å². The highest BCUT2D eigenvalue weighted by atomic mass is 19.3. The molecule has 1 rings (SSSR count). The average Bonchev–Trinajstić information content (AvgIpc) is 2.15. The van der Waals surface area contributed by atoms with Crippen LogP contribution in [-0.4, -0.2) is 15.8 Å². The number of pyridine rings is 1. The molecule has 1 heterocycles. The number of alkyl halides is 2. The summed E-state index contributed by atoms with van der Waals surface area (Å²) in [7, 11) is 0. The van der Waals surface area contributed by atoms with Crippen molar-refractivity contribution in [1.29, 1.82) is 0 Å². The summed E-state index contributed by atoms with van der Waals surface area (Å²) in [5.41, 5.74) is 0.436. The lowest BCUT2D eigenvalue weighted by atomic mass is 10.1. The second kappa shape index (κ2) is 4.04. The fourth-order valence-corrected chi connectivity index (χ4v) is 1.11. The molecule has 0 fully saturated rings. The third-order valence-electron chi connectivity index (χ3n) is 1.71. The predicted octanol–water partition coefficient (Wildman–Crippen LogP) is 0.320. The van der Waals surface area contributed by atoms with Crippen LogP contribution in [0.2, 0.25) is 0 Å². The number of nitrogens with one attached hydrogen (secondary N) is 1. The topological polar surface area (TPSA) is 119 Å². The van der Waals surface area contributed by atoms with Crippen molar-refractivity contribution in [2.75, 3.05) is 0 Å². The maximum Gasteiger partial charge on any atom is 0.307 e. The number of aromatic nitrogens is 1. The third kappa shape index (κ3) is 2.02. The summed E-state index contributed by atoms with van der Waals surface area (Å²) in [6, 6.07) is 0.506. The fraction of sp³-hybridized carbons (Fsp3) is 0.143. The van der Waals surface area contributed by atoms with Crippen molar-refractivity contribution in [3.8, 4) is 0 Å². The van der Waals surface area contributed by atoms with Crippen LogP contribution in [0.15, 0.2) is 10.9 Å². The van der Waals surface area contributed by atoms with Gasteiger partial charge in [0.1, 0.15) is 5.56 Å². The largest absolute Gasteiger partial charge is 0.365 e. The van der Waals surface area contributed by atoms with Crippen LogP contribution in [0.5, 0.6) is 0 Å². The molecule has 0 atom stereocenters. The molecule has 1 aromatic heterocycles. The summed E-state index contributed by atoms with van der Waals surface area (Å²) in [4.78, 5) is 32.6. The van der Waals surface area contributed by atoms with E-state index in [9.17, 15) is 28.5 Å². The van der Waals surface area contributed by atoms with Gasteiger partial charge in [-0.2, -0.15) is 0 Å². The minimum absolute atomic E-state index is 0.506. The standard InChI is InChI=1S/C7H5F2N3O4/c8-6(9)4-5(12(15)16)2(7(10)14)1-3(13)11-4/h1,6H,(H2,10,14)(H,11,13). The number of halogens is 2. The van der Waals surface area contributed by atoms with Gasteiger partial charge in [-0.1, -0.05) is 0 Å². The zero-order valence-corrected chi connectivity index (χ0v) is 7.57. The quantitative estimate of drug-likeness (QED) is 0.576. The maximum atomic E-state index is 12.4. The zero-order chi connectivity index (χ0) is 12.5. The number of aromatic amines is 1. The number of carbonyl (C=O) groups is 1. The lowest BCUT2D eigenvalue weighted by molar-refractivity contribution is -0.386. The van der Waals surface area contributed by atoms with E-state index in [0.29, 0.717) is 6.07 Å². The van der Waals surface area contributed by atoms with Crippen molar-refractivity contribution in [2.45, 2.75) is 6.43 Å². The van der Waals surface area contributed by atoms with E-state index in [0.717, 1.165) is 0 Å². The molecule has 0 unspecified atom stereocenters. The second-order valence-corrected chi connectivity index (χ2v) is 2.73. The van der Waals surface area contributed by atoms with Gasteiger partial charge in [-0.05, 0) is 0 Å². The Kier molecular flexibility index (Phi) is 2.97. The van der Waals surface area contributed by atoms with E-state index < -0.39 is 39.8 Å². The summed E-state index contributed by atoms with van der Waals surface area (Å²) >= 11 is 0. The molecule has 86 valence electrons. The van der Waals surface area contributed by atoms with E-state index >= 15 is 0 Å². The van der Waals surface area contributed by atoms with Crippen LogP contribution in [0.3, 0.4) is 0 Å². The molecule has 0 radical (unpaired) electrons. The van der Waals surface area contributed by atoms with Gasteiger partial charge < -0.3 is 10.7 Å². The summed E-state index contributed by atoms with van der Waals surface area (Å²) in [6.07, 6.45) is -3.28. The maximum absolute atomic E-state index is 12.4. The van der Waals surface area contributed by atoms with E-state index in [1.807, 2.05) is 0 Å². The van der Waals surface area contributed by atoms with E-state index in [4.69, 9.17) is 5.73 Å². The van der Waals surface area contributed by atoms with Gasteiger partial charge in [-0.15, -0.1) is 0 Å². The van der Waals surface area contributed by atoms with E-state index in [2.05, 4.69) is 0 Å². The number of carbonyl (C=O) groups excluding carboxylic acids is 1. The van der Waals surface area contributed by atoms with Gasteiger partial charge in [0.15, 0.2) is 5.69 Å². The molecule has 3 N–H and O–H groups in total. The van der Waals surface area contributed by atoms with Crippen molar-refractivity contribution in [1.82, 2.24) is 4.98 Å². The number of primary amides is 1. The molecule has 0 saturated heterocycles. The summed E-state index contributed by atoms with van der Waals surface area (Å²) in [5.74, 6) is -1.32.